The number of amides is 4. The topological polar surface area (TPSA) is 144 Å². The number of carboxylic acid groups (broad SMARTS) is 1. The van der Waals surface area contributed by atoms with E-state index in [4.69, 9.17) is 18.9 Å². The molecule has 0 spiro atoms. The molecule has 0 saturated carbocycles. The number of rotatable bonds is 21. The Hall–Kier alpha value is -2.54. The van der Waals surface area contributed by atoms with Gasteiger partial charge in [-0.1, -0.05) is 6.42 Å². The molecule has 1 heterocycles. The average Bonchev–Trinajstić information content (AvgIpc) is 3.14. The fraction of sp³-hybridized carbons (Fsp3) is 0.760. The van der Waals surface area contributed by atoms with Crippen molar-refractivity contribution in [3.05, 3.63) is 12.2 Å². The normalized spacial score (nSPS) is 13.4. The van der Waals surface area contributed by atoms with Crippen LogP contribution in [0.4, 0.5) is 4.79 Å². The van der Waals surface area contributed by atoms with Gasteiger partial charge in [-0.25, -0.2) is 4.79 Å². The highest BCUT2D eigenvalue weighted by Crippen LogP contribution is 2.12. The molecule has 1 aliphatic rings. The number of imide groups is 1. The molecule has 0 bridgehead atoms. The first-order valence-corrected chi connectivity index (χ1v) is 12.7. The molecular formula is C25H43N3O9. The highest BCUT2D eigenvalue weighted by molar-refractivity contribution is 6.12. The number of ether oxygens (including phenoxy) is 4. The SMILES string of the molecule is CC(C)(C)N(CCOCCOCCOCCOCCNC(=O)CCCCCN1C(=O)C=CC1=O)C(=O)O. The Bertz CT molecular complexity index is 719. The molecule has 1 rings (SSSR count). The molecular weight excluding hydrogens is 486 g/mol. The second-order valence-corrected chi connectivity index (χ2v) is 9.38. The first kappa shape index (κ1) is 32.5. The van der Waals surface area contributed by atoms with E-state index in [9.17, 15) is 24.3 Å². The second-order valence-electron chi connectivity index (χ2n) is 9.38. The largest absolute Gasteiger partial charge is 0.465 e. The van der Waals surface area contributed by atoms with Gasteiger partial charge in [0.1, 0.15) is 0 Å². The van der Waals surface area contributed by atoms with E-state index in [2.05, 4.69) is 5.32 Å². The summed E-state index contributed by atoms with van der Waals surface area (Å²) in [7, 11) is 0. The van der Waals surface area contributed by atoms with Gasteiger partial charge in [-0.15, -0.1) is 0 Å². The first-order chi connectivity index (χ1) is 17.6. The van der Waals surface area contributed by atoms with Gasteiger partial charge in [0.25, 0.3) is 11.8 Å². The fourth-order valence-electron chi connectivity index (χ4n) is 3.37. The number of hydrogen-bond acceptors (Lipinski definition) is 8. The molecule has 0 fully saturated rings. The van der Waals surface area contributed by atoms with Crippen molar-refractivity contribution in [1.82, 2.24) is 15.1 Å². The molecule has 2 N–H and O–H groups in total. The summed E-state index contributed by atoms with van der Waals surface area (Å²) in [6, 6.07) is 0. The van der Waals surface area contributed by atoms with E-state index in [1.165, 1.54) is 22.0 Å². The predicted octanol–water partition coefficient (Wildman–Crippen LogP) is 1.43. The predicted molar refractivity (Wildman–Crippen MR) is 135 cm³/mol. The lowest BCUT2D eigenvalue weighted by molar-refractivity contribution is -0.137. The maximum Gasteiger partial charge on any atom is 0.407 e. The van der Waals surface area contributed by atoms with Crippen molar-refractivity contribution in [2.75, 3.05) is 72.5 Å². The summed E-state index contributed by atoms with van der Waals surface area (Å²) in [5.74, 6) is -0.601. The minimum Gasteiger partial charge on any atom is -0.465 e. The number of unbranched alkanes of at least 4 members (excludes halogenated alkanes) is 2. The summed E-state index contributed by atoms with van der Waals surface area (Å²) in [5.41, 5.74) is -0.470. The Balaban J connectivity index is 1.81. The van der Waals surface area contributed by atoms with Crippen LogP contribution in [-0.2, 0) is 33.3 Å². The van der Waals surface area contributed by atoms with Crippen LogP contribution >= 0.6 is 0 Å². The lowest BCUT2D eigenvalue weighted by Gasteiger charge is -2.32. The fourth-order valence-corrected chi connectivity index (χ4v) is 3.37. The third-order valence-corrected chi connectivity index (χ3v) is 5.37. The Morgan fingerprint density at radius 2 is 1.35 bits per heavy atom. The Morgan fingerprint density at radius 3 is 1.86 bits per heavy atom. The minimum absolute atomic E-state index is 0.0515. The van der Waals surface area contributed by atoms with Gasteiger partial charge >= 0.3 is 6.09 Å². The molecule has 1 aliphatic heterocycles. The van der Waals surface area contributed by atoms with Crippen LogP contribution in [0.1, 0.15) is 46.5 Å². The van der Waals surface area contributed by atoms with Crippen LogP contribution in [0, 0.1) is 0 Å². The van der Waals surface area contributed by atoms with E-state index in [1.807, 2.05) is 20.8 Å². The maximum atomic E-state index is 11.8. The van der Waals surface area contributed by atoms with E-state index in [0.717, 1.165) is 6.42 Å². The molecule has 0 unspecified atom stereocenters. The third kappa shape index (κ3) is 15.3. The van der Waals surface area contributed by atoms with E-state index in [0.29, 0.717) is 91.8 Å². The van der Waals surface area contributed by atoms with Gasteiger partial charge < -0.3 is 34.3 Å². The molecule has 0 atom stereocenters. The average molecular weight is 530 g/mol. The van der Waals surface area contributed by atoms with E-state index >= 15 is 0 Å². The number of hydrogen-bond donors (Lipinski definition) is 2. The Kier molecular flexibility index (Phi) is 16.4. The standard InChI is InChI=1S/C25H43N3O9/c1-25(2,3)28(24(32)33)12-14-35-16-18-37-20-19-36-17-15-34-13-10-26-21(29)7-5-4-6-11-27-22(30)8-9-23(27)31/h8-9H,4-7,10-20H2,1-3H3,(H,26,29)(H,32,33). The lowest BCUT2D eigenvalue weighted by Crippen LogP contribution is -2.46. The van der Waals surface area contributed by atoms with Crippen LogP contribution in [0.3, 0.4) is 0 Å². The number of nitrogens with zero attached hydrogens (tertiary/aromatic N) is 2. The van der Waals surface area contributed by atoms with Crippen LogP contribution in [0.5, 0.6) is 0 Å². The molecule has 12 heteroatoms. The van der Waals surface area contributed by atoms with Crippen LogP contribution < -0.4 is 5.32 Å². The summed E-state index contributed by atoms with van der Waals surface area (Å²) in [5, 5.41) is 12.0. The van der Waals surface area contributed by atoms with Crippen LogP contribution in [-0.4, -0.2) is 117 Å². The molecule has 4 amide bonds. The van der Waals surface area contributed by atoms with Crippen molar-refractivity contribution in [3.63, 3.8) is 0 Å². The van der Waals surface area contributed by atoms with Crippen molar-refractivity contribution in [2.45, 2.75) is 52.0 Å². The van der Waals surface area contributed by atoms with E-state index in [-0.39, 0.29) is 17.7 Å². The number of carbonyl (C=O) groups is 4. The first-order valence-electron chi connectivity index (χ1n) is 12.7. The molecule has 12 nitrogen and oxygen atoms in total. The van der Waals surface area contributed by atoms with Gasteiger partial charge in [0.2, 0.25) is 5.91 Å². The summed E-state index contributed by atoms with van der Waals surface area (Å²) in [4.78, 5) is 48.4. The Morgan fingerprint density at radius 1 is 0.838 bits per heavy atom. The molecule has 0 aromatic heterocycles. The zero-order valence-corrected chi connectivity index (χ0v) is 22.4. The molecule has 0 aromatic carbocycles. The number of nitrogens with one attached hydrogen (secondary N) is 1. The Labute approximate surface area is 219 Å². The van der Waals surface area contributed by atoms with Gasteiger partial charge in [-0.05, 0) is 33.6 Å². The monoisotopic (exact) mass is 529 g/mol. The van der Waals surface area contributed by atoms with Crippen LogP contribution in [0.2, 0.25) is 0 Å². The van der Waals surface area contributed by atoms with Gasteiger partial charge in [0.15, 0.2) is 0 Å². The maximum absolute atomic E-state index is 11.8. The zero-order valence-electron chi connectivity index (χ0n) is 22.4. The highest BCUT2D eigenvalue weighted by atomic mass is 16.6. The zero-order chi connectivity index (χ0) is 27.5. The summed E-state index contributed by atoms with van der Waals surface area (Å²) >= 11 is 0. The second kappa shape index (κ2) is 18.7. The third-order valence-electron chi connectivity index (χ3n) is 5.37. The highest BCUT2D eigenvalue weighted by Gasteiger charge is 2.25. The van der Waals surface area contributed by atoms with Crippen molar-refractivity contribution in [1.29, 1.82) is 0 Å². The smallest absolute Gasteiger partial charge is 0.407 e. The van der Waals surface area contributed by atoms with Gasteiger partial charge in [-0.2, -0.15) is 0 Å². The lowest BCUT2D eigenvalue weighted by atomic mass is 10.1. The molecule has 0 radical (unpaired) electrons. The van der Waals surface area contributed by atoms with Crippen molar-refractivity contribution < 1.29 is 43.2 Å². The minimum atomic E-state index is -0.965. The van der Waals surface area contributed by atoms with E-state index < -0.39 is 11.6 Å². The van der Waals surface area contributed by atoms with Gasteiger partial charge in [0.05, 0.1) is 52.9 Å². The van der Waals surface area contributed by atoms with Crippen molar-refractivity contribution >= 4 is 23.8 Å². The van der Waals surface area contributed by atoms with Crippen molar-refractivity contribution in [3.8, 4) is 0 Å². The van der Waals surface area contributed by atoms with Crippen molar-refractivity contribution in [2.24, 2.45) is 0 Å². The molecule has 0 aliphatic carbocycles. The molecule has 0 aromatic rings. The molecule has 0 saturated heterocycles. The van der Waals surface area contributed by atoms with Crippen LogP contribution in [0.15, 0.2) is 12.2 Å². The molecule has 37 heavy (non-hydrogen) atoms. The van der Waals surface area contributed by atoms with Crippen LogP contribution in [0.25, 0.3) is 0 Å². The summed E-state index contributed by atoms with van der Waals surface area (Å²) < 4.78 is 21.7. The van der Waals surface area contributed by atoms with Gasteiger partial charge in [-0.3, -0.25) is 19.3 Å². The molecule has 212 valence electrons. The summed E-state index contributed by atoms with van der Waals surface area (Å²) in [6.45, 7) is 9.78. The van der Waals surface area contributed by atoms with Gasteiger partial charge in [0, 0.05) is 43.7 Å². The van der Waals surface area contributed by atoms with E-state index in [1.54, 1.807) is 0 Å². The number of carbonyl (C=O) groups excluding carboxylic acids is 3. The summed E-state index contributed by atoms with van der Waals surface area (Å²) in [6.07, 6.45) is 4.11. The quantitative estimate of drug-likeness (QED) is 0.167.